The van der Waals surface area contributed by atoms with Crippen molar-refractivity contribution in [1.82, 2.24) is 15.5 Å². The first-order valence-corrected chi connectivity index (χ1v) is 6.81. The number of aryl methyl sites for hydroxylation is 1. The summed E-state index contributed by atoms with van der Waals surface area (Å²) in [5.74, 6) is 0. The lowest BCUT2D eigenvalue weighted by Crippen LogP contribution is -2.38. The van der Waals surface area contributed by atoms with Crippen LogP contribution in [-0.4, -0.2) is 27.4 Å². The van der Waals surface area contributed by atoms with E-state index in [2.05, 4.69) is 43.2 Å². The SMILES string of the molecule is CCc1n[nH]c2cccc([C@@H](O)CNC(C)(C)C)c12. The van der Waals surface area contributed by atoms with Crippen LogP contribution in [-0.2, 0) is 6.42 Å². The third kappa shape index (κ3) is 3.14. The fourth-order valence-corrected chi connectivity index (χ4v) is 2.22. The van der Waals surface area contributed by atoms with E-state index in [0.29, 0.717) is 6.54 Å². The lowest BCUT2D eigenvalue weighted by atomic mass is 10.0. The molecule has 104 valence electrons. The largest absolute Gasteiger partial charge is 0.387 e. The van der Waals surface area contributed by atoms with Crippen molar-refractivity contribution in [2.24, 2.45) is 0 Å². The van der Waals surface area contributed by atoms with Gasteiger partial charge in [-0.15, -0.1) is 0 Å². The summed E-state index contributed by atoms with van der Waals surface area (Å²) in [7, 11) is 0. The molecule has 0 saturated carbocycles. The zero-order valence-electron chi connectivity index (χ0n) is 12.1. The molecule has 19 heavy (non-hydrogen) atoms. The van der Waals surface area contributed by atoms with Gasteiger partial charge in [-0.1, -0.05) is 19.1 Å². The summed E-state index contributed by atoms with van der Waals surface area (Å²) in [5, 5.41) is 22.1. The number of benzene rings is 1. The van der Waals surface area contributed by atoms with Gasteiger partial charge in [0.15, 0.2) is 0 Å². The van der Waals surface area contributed by atoms with Crippen LogP contribution < -0.4 is 5.32 Å². The Bertz CT molecular complexity index is 554. The zero-order chi connectivity index (χ0) is 14.0. The van der Waals surface area contributed by atoms with E-state index in [9.17, 15) is 5.11 Å². The number of hydrogen-bond donors (Lipinski definition) is 3. The molecule has 0 fully saturated rings. The van der Waals surface area contributed by atoms with Crippen LogP contribution in [0.2, 0.25) is 0 Å². The van der Waals surface area contributed by atoms with E-state index in [1.165, 1.54) is 0 Å². The average molecular weight is 261 g/mol. The van der Waals surface area contributed by atoms with Crippen LogP contribution in [0, 0.1) is 0 Å². The van der Waals surface area contributed by atoms with Gasteiger partial charge in [0.2, 0.25) is 0 Å². The first kappa shape index (κ1) is 14.0. The molecule has 0 bridgehead atoms. The molecule has 1 aromatic carbocycles. The topological polar surface area (TPSA) is 60.9 Å². The molecule has 0 aliphatic rings. The quantitative estimate of drug-likeness (QED) is 0.792. The monoisotopic (exact) mass is 261 g/mol. The Morgan fingerprint density at radius 1 is 1.37 bits per heavy atom. The van der Waals surface area contributed by atoms with Crippen LogP contribution in [0.5, 0.6) is 0 Å². The van der Waals surface area contributed by atoms with Gasteiger partial charge in [-0.2, -0.15) is 5.10 Å². The summed E-state index contributed by atoms with van der Waals surface area (Å²) in [6, 6.07) is 5.93. The summed E-state index contributed by atoms with van der Waals surface area (Å²) in [6.07, 6.45) is 0.335. The molecule has 0 amide bonds. The molecule has 4 nitrogen and oxygen atoms in total. The van der Waals surface area contributed by atoms with Gasteiger partial charge in [0.25, 0.3) is 0 Å². The van der Waals surface area contributed by atoms with Gasteiger partial charge in [0, 0.05) is 17.5 Å². The summed E-state index contributed by atoms with van der Waals surface area (Å²) in [4.78, 5) is 0. The molecule has 0 aliphatic carbocycles. The van der Waals surface area contributed by atoms with E-state index in [0.717, 1.165) is 28.6 Å². The summed E-state index contributed by atoms with van der Waals surface area (Å²) >= 11 is 0. The number of nitrogens with zero attached hydrogens (tertiary/aromatic N) is 1. The van der Waals surface area contributed by atoms with Gasteiger partial charge >= 0.3 is 0 Å². The first-order valence-electron chi connectivity index (χ1n) is 6.81. The lowest BCUT2D eigenvalue weighted by molar-refractivity contribution is 0.164. The zero-order valence-corrected chi connectivity index (χ0v) is 12.1. The molecule has 2 aromatic rings. The van der Waals surface area contributed by atoms with Gasteiger partial charge in [-0.3, -0.25) is 5.10 Å². The number of hydrogen-bond acceptors (Lipinski definition) is 3. The number of fused-ring (bicyclic) bond motifs is 1. The van der Waals surface area contributed by atoms with Crippen LogP contribution in [0.4, 0.5) is 0 Å². The maximum Gasteiger partial charge on any atom is 0.0921 e. The number of rotatable bonds is 4. The molecule has 3 N–H and O–H groups in total. The minimum Gasteiger partial charge on any atom is -0.387 e. The van der Waals surface area contributed by atoms with Crippen molar-refractivity contribution in [1.29, 1.82) is 0 Å². The molecule has 0 spiro atoms. The van der Waals surface area contributed by atoms with Crippen LogP contribution >= 0.6 is 0 Å². The van der Waals surface area contributed by atoms with Gasteiger partial charge in [0.05, 0.1) is 17.3 Å². The van der Waals surface area contributed by atoms with E-state index in [-0.39, 0.29) is 5.54 Å². The Balaban J connectivity index is 2.31. The molecule has 0 unspecified atom stereocenters. The molecule has 4 heteroatoms. The molecular formula is C15H23N3O. The highest BCUT2D eigenvalue weighted by molar-refractivity contribution is 5.85. The average Bonchev–Trinajstić information content (AvgIpc) is 2.78. The van der Waals surface area contributed by atoms with E-state index < -0.39 is 6.10 Å². The highest BCUT2D eigenvalue weighted by atomic mass is 16.3. The summed E-state index contributed by atoms with van der Waals surface area (Å²) in [5.41, 5.74) is 2.95. The molecule has 0 aliphatic heterocycles. The number of aliphatic hydroxyl groups excluding tert-OH is 1. The van der Waals surface area contributed by atoms with E-state index in [1.54, 1.807) is 0 Å². The number of β-amino-alcohol motifs (C(OH)–C–C–N with tert-alkyl or cyclic N) is 1. The van der Waals surface area contributed by atoms with Crippen molar-refractivity contribution >= 4 is 10.9 Å². The van der Waals surface area contributed by atoms with Crippen LogP contribution in [0.25, 0.3) is 10.9 Å². The van der Waals surface area contributed by atoms with Crippen molar-refractivity contribution < 1.29 is 5.11 Å². The number of aromatic amines is 1. The van der Waals surface area contributed by atoms with E-state index in [1.807, 2.05) is 18.2 Å². The summed E-state index contributed by atoms with van der Waals surface area (Å²) in [6.45, 7) is 8.89. The van der Waals surface area contributed by atoms with Crippen LogP contribution in [0.1, 0.15) is 45.1 Å². The van der Waals surface area contributed by atoms with Gasteiger partial charge in [-0.05, 0) is 38.8 Å². The second kappa shape index (κ2) is 5.31. The van der Waals surface area contributed by atoms with Crippen molar-refractivity contribution in [2.45, 2.75) is 45.8 Å². The van der Waals surface area contributed by atoms with Gasteiger partial charge < -0.3 is 10.4 Å². The Hall–Kier alpha value is -1.39. The Morgan fingerprint density at radius 2 is 2.11 bits per heavy atom. The van der Waals surface area contributed by atoms with Crippen molar-refractivity contribution in [3.63, 3.8) is 0 Å². The molecule has 1 atom stereocenters. The maximum absolute atomic E-state index is 10.4. The fraction of sp³-hybridized carbons (Fsp3) is 0.533. The molecule has 0 radical (unpaired) electrons. The fourth-order valence-electron chi connectivity index (χ4n) is 2.22. The molecule has 2 rings (SSSR count). The second-order valence-corrected chi connectivity index (χ2v) is 5.94. The highest BCUT2D eigenvalue weighted by Crippen LogP contribution is 2.26. The number of aromatic nitrogens is 2. The Kier molecular flexibility index (Phi) is 3.92. The lowest BCUT2D eigenvalue weighted by Gasteiger charge is -2.23. The van der Waals surface area contributed by atoms with Crippen molar-refractivity contribution in [3.05, 3.63) is 29.5 Å². The smallest absolute Gasteiger partial charge is 0.0921 e. The van der Waals surface area contributed by atoms with Gasteiger partial charge in [-0.25, -0.2) is 0 Å². The van der Waals surface area contributed by atoms with Crippen molar-refractivity contribution in [2.75, 3.05) is 6.54 Å². The molecule has 1 aromatic heterocycles. The number of H-pyrrole nitrogens is 1. The number of nitrogens with one attached hydrogen (secondary N) is 2. The van der Waals surface area contributed by atoms with E-state index >= 15 is 0 Å². The molecule has 1 heterocycles. The molecular weight excluding hydrogens is 238 g/mol. The third-order valence-electron chi connectivity index (χ3n) is 3.22. The van der Waals surface area contributed by atoms with Crippen molar-refractivity contribution in [3.8, 4) is 0 Å². The third-order valence-corrected chi connectivity index (χ3v) is 3.22. The van der Waals surface area contributed by atoms with E-state index in [4.69, 9.17) is 0 Å². The minimum absolute atomic E-state index is 0.00113. The molecule has 0 saturated heterocycles. The predicted octanol–water partition coefficient (Wildman–Crippen LogP) is 2.55. The normalized spacial score (nSPS) is 13.9. The minimum atomic E-state index is -0.522. The van der Waals surface area contributed by atoms with Crippen LogP contribution in [0.3, 0.4) is 0 Å². The highest BCUT2D eigenvalue weighted by Gasteiger charge is 2.17. The summed E-state index contributed by atoms with van der Waals surface area (Å²) < 4.78 is 0. The second-order valence-electron chi connectivity index (χ2n) is 5.94. The van der Waals surface area contributed by atoms with Crippen LogP contribution in [0.15, 0.2) is 18.2 Å². The Labute approximate surface area is 114 Å². The standard InChI is InChI=1S/C15H23N3O/c1-5-11-14-10(7-6-8-12(14)18-17-11)13(19)9-16-15(2,3)4/h6-8,13,16,19H,5,9H2,1-4H3,(H,17,18)/t13-/m0/s1. The first-order chi connectivity index (χ1) is 8.92. The maximum atomic E-state index is 10.4. The Morgan fingerprint density at radius 3 is 2.74 bits per heavy atom. The van der Waals surface area contributed by atoms with Gasteiger partial charge in [0.1, 0.15) is 0 Å². The number of aliphatic hydroxyl groups is 1. The predicted molar refractivity (Wildman–Crippen MR) is 78.2 cm³/mol.